The Morgan fingerprint density at radius 2 is 1.78 bits per heavy atom. The van der Waals surface area contributed by atoms with Crippen molar-refractivity contribution >= 4 is 15.8 Å². The molecule has 7 heteroatoms. The highest BCUT2D eigenvalue weighted by Crippen LogP contribution is 2.28. The van der Waals surface area contributed by atoms with Crippen molar-refractivity contribution in [3.05, 3.63) is 47.5 Å². The minimum atomic E-state index is -3.51. The number of sulfonamides is 1. The summed E-state index contributed by atoms with van der Waals surface area (Å²) in [7, 11) is -3.51. The van der Waals surface area contributed by atoms with Crippen LogP contribution in [-0.4, -0.2) is 42.6 Å². The van der Waals surface area contributed by atoms with E-state index >= 15 is 0 Å². The molecule has 2 aromatic rings. The molecule has 0 atom stereocenters. The fraction of sp³-hybridized carbons (Fsp3) is 0.520. The van der Waals surface area contributed by atoms with Crippen LogP contribution in [0.25, 0.3) is 11.3 Å². The fourth-order valence-electron chi connectivity index (χ4n) is 4.52. The van der Waals surface area contributed by atoms with Gasteiger partial charge in [-0.2, -0.15) is 4.31 Å². The van der Waals surface area contributed by atoms with E-state index in [0.717, 1.165) is 55.6 Å². The average Bonchev–Trinajstić information content (AvgIpc) is 3.11. The van der Waals surface area contributed by atoms with Gasteiger partial charge in [0.2, 0.25) is 10.0 Å². The van der Waals surface area contributed by atoms with E-state index in [1.165, 1.54) is 31.3 Å². The summed E-state index contributed by atoms with van der Waals surface area (Å²) in [5, 5.41) is 12.0. The molecule has 1 aliphatic carbocycles. The van der Waals surface area contributed by atoms with Crippen molar-refractivity contribution in [1.29, 1.82) is 0 Å². The van der Waals surface area contributed by atoms with Gasteiger partial charge in [-0.1, -0.05) is 36.6 Å². The molecule has 1 fully saturated rings. The number of nitrogens with one attached hydrogen (secondary N) is 1. The maximum atomic E-state index is 13.3. The number of nitrogens with zero attached hydrogens (tertiary/aromatic N) is 3. The highest BCUT2D eigenvalue weighted by molar-refractivity contribution is 7.89. The van der Waals surface area contributed by atoms with E-state index in [9.17, 15) is 8.42 Å². The van der Waals surface area contributed by atoms with Gasteiger partial charge in [-0.05, 0) is 75.6 Å². The molecule has 6 nitrogen and oxygen atoms in total. The molecule has 0 radical (unpaired) electrons. The van der Waals surface area contributed by atoms with E-state index in [2.05, 4.69) is 21.6 Å². The molecule has 0 saturated carbocycles. The van der Waals surface area contributed by atoms with Crippen LogP contribution >= 0.6 is 0 Å². The van der Waals surface area contributed by atoms with Crippen LogP contribution in [0.4, 0.5) is 5.82 Å². The molecule has 1 N–H and O–H groups in total. The Bertz CT molecular complexity index is 1040. The molecular formula is C25H34N4O2S. The summed E-state index contributed by atoms with van der Waals surface area (Å²) in [4.78, 5) is 0.377. The monoisotopic (exact) mass is 454 g/mol. The number of rotatable bonds is 7. The summed E-state index contributed by atoms with van der Waals surface area (Å²) < 4.78 is 28.3. The Kier molecular flexibility index (Phi) is 7.58. The van der Waals surface area contributed by atoms with Crippen LogP contribution in [0.2, 0.25) is 0 Å². The molecule has 2 aliphatic rings. The lowest BCUT2D eigenvalue weighted by Crippen LogP contribution is -2.32. The first-order chi connectivity index (χ1) is 15.5. The van der Waals surface area contributed by atoms with Gasteiger partial charge in [0.15, 0.2) is 0 Å². The van der Waals surface area contributed by atoms with Gasteiger partial charge in [0, 0.05) is 25.2 Å². The zero-order valence-corrected chi connectivity index (χ0v) is 19.8. The molecular weight excluding hydrogens is 420 g/mol. The number of anilines is 1. The normalized spacial score (nSPS) is 18.1. The first-order valence-electron chi connectivity index (χ1n) is 11.9. The first kappa shape index (κ1) is 22.9. The van der Waals surface area contributed by atoms with Crippen LogP contribution in [0.15, 0.2) is 46.9 Å². The predicted molar refractivity (Wildman–Crippen MR) is 129 cm³/mol. The van der Waals surface area contributed by atoms with E-state index in [1.807, 2.05) is 31.2 Å². The topological polar surface area (TPSA) is 75.2 Å². The number of aryl methyl sites for hydroxylation is 1. The average molecular weight is 455 g/mol. The van der Waals surface area contributed by atoms with Gasteiger partial charge in [0.05, 0.1) is 10.6 Å². The van der Waals surface area contributed by atoms with E-state index in [-0.39, 0.29) is 0 Å². The first-order valence-corrected chi connectivity index (χ1v) is 13.3. The Morgan fingerprint density at radius 1 is 0.969 bits per heavy atom. The highest BCUT2D eigenvalue weighted by Gasteiger charge is 2.27. The van der Waals surface area contributed by atoms with Gasteiger partial charge in [-0.3, -0.25) is 0 Å². The van der Waals surface area contributed by atoms with Crippen molar-refractivity contribution in [3.8, 4) is 11.3 Å². The van der Waals surface area contributed by atoms with Crippen LogP contribution in [0.3, 0.4) is 0 Å². The molecule has 32 heavy (non-hydrogen) atoms. The number of benzene rings is 1. The molecule has 2 heterocycles. The highest BCUT2D eigenvalue weighted by atomic mass is 32.2. The molecule has 1 aromatic carbocycles. The lowest BCUT2D eigenvalue weighted by molar-refractivity contribution is 0.423. The summed E-state index contributed by atoms with van der Waals surface area (Å²) in [6.45, 7) is 3.91. The van der Waals surface area contributed by atoms with Crippen molar-refractivity contribution < 1.29 is 8.42 Å². The molecule has 4 rings (SSSR count). The Balaban J connectivity index is 1.46. The SMILES string of the molecule is Cc1ccc(-c2ccc(NCCC3=CCCCC3)nn2)cc1S(=O)(=O)N1CCCCCC1. The summed E-state index contributed by atoms with van der Waals surface area (Å²) in [6.07, 6.45) is 12.5. The second-order valence-corrected chi connectivity index (χ2v) is 10.8. The van der Waals surface area contributed by atoms with Crippen molar-refractivity contribution in [2.45, 2.75) is 69.6 Å². The zero-order valence-electron chi connectivity index (χ0n) is 19.0. The van der Waals surface area contributed by atoms with Crippen molar-refractivity contribution in [2.24, 2.45) is 0 Å². The summed E-state index contributed by atoms with van der Waals surface area (Å²) in [5.74, 6) is 0.745. The van der Waals surface area contributed by atoms with Gasteiger partial charge in [-0.15, -0.1) is 10.2 Å². The largest absolute Gasteiger partial charge is 0.368 e. The third-order valence-corrected chi connectivity index (χ3v) is 8.51. The maximum absolute atomic E-state index is 13.3. The molecule has 1 aromatic heterocycles. The second kappa shape index (κ2) is 10.6. The maximum Gasteiger partial charge on any atom is 0.243 e. The zero-order chi connectivity index (χ0) is 22.4. The van der Waals surface area contributed by atoms with Gasteiger partial charge in [0.1, 0.15) is 5.82 Å². The van der Waals surface area contributed by atoms with Crippen molar-refractivity contribution in [2.75, 3.05) is 25.0 Å². The molecule has 172 valence electrons. The van der Waals surface area contributed by atoms with Crippen LogP contribution in [0, 0.1) is 6.92 Å². The molecule has 0 spiro atoms. The quantitative estimate of drug-likeness (QED) is 0.573. The van der Waals surface area contributed by atoms with Gasteiger partial charge in [0.25, 0.3) is 0 Å². The van der Waals surface area contributed by atoms with E-state index in [1.54, 1.807) is 10.4 Å². The molecule has 0 amide bonds. The summed E-state index contributed by atoms with van der Waals surface area (Å²) >= 11 is 0. The minimum Gasteiger partial charge on any atom is -0.368 e. The Morgan fingerprint density at radius 3 is 2.47 bits per heavy atom. The molecule has 0 bridgehead atoms. The fourth-order valence-corrected chi connectivity index (χ4v) is 6.29. The van der Waals surface area contributed by atoms with Gasteiger partial charge in [-0.25, -0.2) is 8.42 Å². The van der Waals surface area contributed by atoms with Crippen LogP contribution in [0.5, 0.6) is 0 Å². The third kappa shape index (κ3) is 5.56. The van der Waals surface area contributed by atoms with Gasteiger partial charge < -0.3 is 5.32 Å². The van der Waals surface area contributed by atoms with E-state index in [4.69, 9.17) is 0 Å². The predicted octanol–water partition coefficient (Wildman–Crippen LogP) is 5.32. The summed E-state index contributed by atoms with van der Waals surface area (Å²) in [5.41, 5.74) is 3.75. The van der Waals surface area contributed by atoms with Gasteiger partial charge >= 0.3 is 0 Å². The smallest absolute Gasteiger partial charge is 0.243 e. The third-order valence-electron chi connectivity index (χ3n) is 6.47. The Labute approximate surface area is 192 Å². The van der Waals surface area contributed by atoms with Crippen molar-refractivity contribution in [1.82, 2.24) is 14.5 Å². The number of hydrogen-bond acceptors (Lipinski definition) is 5. The van der Waals surface area contributed by atoms with Crippen LogP contribution in [0.1, 0.15) is 63.4 Å². The van der Waals surface area contributed by atoms with Crippen molar-refractivity contribution in [3.63, 3.8) is 0 Å². The lowest BCUT2D eigenvalue weighted by atomic mass is 9.97. The van der Waals surface area contributed by atoms with E-state index in [0.29, 0.717) is 23.7 Å². The number of hydrogen-bond donors (Lipinski definition) is 1. The number of allylic oxidation sites excluding steroid dienone is 1. The number of aromatic nitrogens is 2. The standard InChI is InChI=1S/C25H34N4O2S/c1-20-11-12-22(19-24(20)32(30,31)29-17-7-2-3-8-18-29)23-13-14-25(28-27-23)26-16-15-21-9-5-4-6-10-21/h9,11-14,19H,2-8,10,15-18H2,1H3,(H,26,28). The Hall–Kier alpha value is -2.25. The summed E-state index contributed by atoms with van der Waals surface area (Å²) in [6, 6.07) is 9.36. The van der Waals surface area contributed by atoms with Crippen LogP contribution in [-0.2, 0) is 10.0 Å². The molecule has 1 aliphatic heterocycles. The molecule has 1 saturated heterocycles. The van der Waals surface area contributed by atoms with E-state index < -0.39 is 10.0 Å². The van der Waals surface area contributed by atoms with Crippen LogP contribution < -0.4 is 5.32 Å². The second-order valence-electron chi connectivity index (χ2n) is 8.89. The molecule has 0 unspecified atom stereocenters. The lowest BCUT2D eigenvalue weighted by Gasteiger charge is -2.21. The minimum absolute atomic E-state index is 0.377.